The van der Waals surface area contributed by atoms with E-state index in [1.165, 1.54) is 17.0 Å². The quantitative estimate of drug-likeness (QED) is 0.752. The molecular weight excluding hydrogens is 359 g/mol. The largest absolute Gasteiger partial charge is 0.327 e. The Morgan fingerprint density at radius 2 is 2.04 bits per heavy atom. The van der Waals surface area contributed by atoms with Crippen molar-refractivity contribution in [1.82, 2.24) is 15.1 Å². The maximum absolute atomic E-state index is 14.0. The van der Waals surface area contributed by atoms with Gasteiger partial charge in [-0.2, -0.15) is 5.10 Å². The van der Waals surface area contributed by atoms with Gasteiger partial charge in [-0.05, 0) is 36.4 Å². The van der Waals surface area contributed by atoms with Crippen molar-refractivity contribution in [2.75, 3.05) is 24.5 Å². The van der Waals surface area contributed by atoms with Crippen LogP contribution in [0.25, 0.3) is 10.9 Å². The first-order valence-corrected chi connectivity index (χ1v) is 8.38. The summed E-state index contributed by atoms with van der Waals surface area (Å²) in [6.07, 6.45) is 1.69. The molecule has 2 amide bonds. The summed E-state index contributed by atoms with van der Waals surface area (Å²) in [6.45, 7) is 0.545. The summed E-state index contributed by atoms with van der Waals surface area (Å²) in [5.74, 6) is -1.43. The Balaban J connectivity index is 1.52. The summed E-state index contributed by atoms with van der Waals surface area (Å²) in [6, 6.07) is 9.43. The molecule has 0 unspecified atom stereocenters. The molecule has 2 aromatic carbocycles. The smallest absolute Gasteiger partial charge is 0.257 e. The molecule has 1 aromatic heterocycles. The number of nitrogens with one attached hydrogen (secondary N) is 1. The summed E-state index contributed by atoms with van der Waals surface area (Å²) < 4.78 is 14.0. The lowest BCUT2D eigenvalue weighted by molar-refractivity contribution is -0.120. The molecule has 4 rings (SSSR count). The number of rotatable bonds is 2. The van der Waals surface area contributed by atoms with Crippen LogP contribution in [-0.4, -0.2) is 46.5 Å². The van der Waals surface area contributed by atoms with Crippen LogP contribution in [-0.2, 0) is 4.79 Å². The zero-order chi connectivity index (χ0) is 18.3. The van der Waals surface area contributed by atoms with Gasteiger partial charge in [0.15, 0.2) is 0 Å². The van der Waals surface area contributed by atoms with E-state index in [1.807, 2.05) is 18.2 Å². The number of carbonyl (C=O) groups is 2. The minimum absolute atomic E-state index is 0.0875. The second kappa shape index (κ2) is 6.42. The molecule has 1 aliphatic rings. The second-order valence-electron chi connectivity index (χ2n) is 6.04. The molecule has 1 fully saturated rings. The highest BCUT2D eigenvalue weighted by Crippen LogP contribution is 2.23. The average Bonchev–Trinajstić information content (AvgIpc) is 3.09. The Morgan fingerprint density at radius 1 is 1.19 bits per heavy atom. The third kappa shape index (κ3) is 2.90. The molecule has 26 heavy (non-hydrogen) atoms. The van der Waals surface area contributed by atoms with Crippen molar-refractivity contribution >= 4 is 40.0 Å². The first-order chi connectivity index (χ1) is 12.5. The second-order valence-corrected chi connectivity index (χ2v) is 6.47. The van der Waals surface area contributed by atoms with Crippen LogP contribution in [0.5, 0.6) is 0 Å². The lowest BCUT2D eigenvalue weighted by Gasteiger charge is -2.34. The van der Waals surface area contributed by atoms with Crippen LogP contribution in [0.2, 0.25) is 5.02 Å². The van der Waals surface area contributed by atoms with Crippen molar-refractivity contribution in [2.45, 2.75) is 0 Å². The number of amides is 2. The average molecular weight is 373 g/mol. The van der Waals surface area contributed by atoms with E-state index < -0.39 is 11.7 Å². The van der Waals surface area contributed by atoms with Crippen molar-refractivity contribution in [2.24, 2.45) is 0 Å². The fourth-order valence-corrected chi connectivity index (χ4v) is 3.21. The van der Waals surface area contributed by atoms with Gasteiger partial charge in [-0.25, -0.2) is 4.39 Å². The van der Waals surface area contributed by atoms with Gasteiger partial charge in [0.05, 0.1) is 17.3 Å². The van der Waals surface area contributed by atoms with E-state index in [4.69, 9.17) is 11.6 Å². The van der Waals surface area contributed by atoms with Gasteiger partial charge in [0.25, 0.3) is 5.91 Å². The number of benzene rings is 2. The molecule has 0 atom stereocenters. The first kappa shape index (κ1) is 16.5. The highest BCUT2D eigenvalue weighted by Gasteiger charge is 2.29. The molecule has 0 spiro atoms. The number of carbonyl (C=O) groups excluding carboxylic acids is 2. The zero-order valence-corrected chi connectivity index (χ0v) is 14.3. The van der Waals surface area contributed by atoms with E-state index in [0.29, 0.717) is 13.1 Å². The summed E-state index contributed by atoms with van der Waals surface area (Å²) in [4.78, 5) is 28.0. The number of aromatic nitrogens is 2. The van der Waals surface area contributed by atoms with Gasteiger partial charge in [-0.1, -0.05) is 11.6 Å². The van der Waals surface area contributed by atoms with Crippen molar-refractivity contribution in [3.05, 3.63) is 59.0 Å². The maximum Gasteiger partial charge on any atom is 0.257 e. The van der Waals surface area contributed by atoms with E-state index in [-0.39, 0.29) is 23.0 Å². The predicted molar refractivity (Wildman–Crippen MR) is 95.8 cm³/mol. The number of piperazine rings is 1. The highest BCUT2D eigenvalue weighted by molar-refractivity contribution is 6.30. The van der Waals surface area contributed by atoms with Gasteiger partial charge in [0.2, 0.25) is 5.91 Å². The van der Waals surface area contributed by atoms with Crippen molar-refractivity contribution in [3.8, 4) is 0 Å². The van der Waals surface area contributed by atoms with E-state index in [0.717, 1.165) is 22.7 Å². The van der Waals surface area contributed by atoms with Gasteiger partial charge in [-0.15, -0.1) is 0 Å². The standard InChI is InChI=1S/C18H14ClFN4O2/c19-12-1-3-14(15(20)8-12)18(26)23-5-6-24(17(25)10-23)13-2-4-16-11(7-13)9-21-22-16/h1-4,7-9H,5-6,10H2,(H,21,22). The SMILES string of the molecule is O=C(c1ccc(Cl)cc1F)N1CCN(c2ccc3[nH]ncc3c2)C(=O)C1. The molecule has 3 aromatic rings. The number of H-pyrrole nitrogens is 1. The number of nitrogens with zero attached hydrogens (tertiary/aromatic N) is 3. The fraction of sp³-hybridized carbons (Fsp3) is 0.167. The van der Waals surface area contributed by atoms with E-state index in [2.05, 4.69) is 10.2 Å². The van der Waals surface area contributed by atoms with Crippen molar-refractivity contribution in [1.29, 1.82) is 0 Å². The van der Waals surface area contributed by atoms with Crippen molar-refractivity contribution in [3.63, 3.8) is 0 Å². The lowest BCUT2D eigenvalue weighted by atomic mass is 10.1. The van der Waals surface area contributed by atoms with Crippen LogP contribution in [0.3, 0.4) is 0 Å². The van der Waals surface area contributed by atoms with Crippen LogP contribution in [0.1, 0.15) is 10.4 Å². The zero-order valence-electron chi connectivity index (χ0n) is 13.6. The Bertz CT molecular complexity index is 1020. The summed E-state index contributed by atoms with van der Waals surface area (Å²) >= 11 is 5.72. The number of fused-ring (bicyclic) bond motifs is 1. The fourth-order valence-electron chi connectivity index (χ4n) is 3.05. The molecule has 2 heterocycles. The Hall–Kier alpha value is -2.93. The summed E-state index contributed by atoms with van der Waals surface area (Å²) in [5.41, 5.74) is 1.54. The third-order valence-corrected chi connectivity index (χ3v) is 4.64. The molecule has 0 bridgehead atoms. The minimum Gasteiger partial charge on any atom is -0.327 e. The number of aromatic amines is 1. The molecule has 1 saturated heterocycles. The van der Waals surface area contributed by atoms with Crippen molar-refractivity contribution < 1.29 is 14.0 Å². The molecule has 0 radical (unpaired) electrons. The summed E-state index contributed by atoms with van der Waals surface area (Å²) in [5, 5.41) is 7.94. The van der Waals surface area contributed by atoms with E-state index in [9.17, 15) is 14.0 Å². The van der Waals surface area contributed by atoms with Crippen LogP contribution >= 0.6 is 11.6 Å². The van der Waals surface area contributed by atoms with Crippen LogP contribution in [0.15, 0.2) is 42.6 Å². The molecule has 1 aliphatic heterocycles. The topological polar surface area (TPSA) is 69.3 Å². The van der Waals surface area contributed by atoms with Gasteiger partial charge in [-0.3, -0.25) is 14.7 Å². The minimum atomic E-state index is -0.692. The van der Waals surface area contributed by atoms with Gasteiger partial charge in [0.1, 0.15) is 12.4 Å². The molecule has 132 valence electrons. The predicted octanol–water partition coefficient (Wildman–Crippen LogP) is 2.84. The summed E-state index contributed by atoms with van der Waals surface area (Å²) in [7, 11) is 0. The van der Waals surface area contributed by atoms with Crippen LogP contribution in [0.4, 0.5) is 10.1 Å². The highest BCUT2D eigenvalue weighted by atomic mass is 35.5. The Morgan fingerprint density at radius 3 is 2.81 bits per heavy atom. The van der Waals surface area contributed by atoms with Gasteiger partial charge in [0, 0.05) is 29.2 Å². The third-order valence-electron chi connectivity index (χ3n) is 4.40. The maximum atomic E-state index is 14.0. The number of hydrogen-bond donors (Lipinski definition) is 1. The first-order valence-electron chi connectivity index (χ1n) is 8.01. The van der Waals surface area contributed by atoms with Crippen LogP contribution < -0.4 is 4.90 Å². The molecule has 0 aliphatic carbocycles. The van der Waals surface area contributed by atoms with E-state index >= 15 is 0 Å². The van der Waals surface area contributed by atoms with Gasteiger partial charge >= 0.3 is 0 Å². The molecule has 0 saturated carbocycles. The number of anilines is 1. The molecule has 8 heteroatoms. The molecular formula is C18H14ClFN4O2. The Labute approximate surface area is 153 Å². The van der Waals surface area contributed by atoms with Gasteiger partial charge < -0.3 is 9.80 Å². The molecule has 1 N–H and O–H groups in total. The monoisotopic (exact) mass is 372 g/mol. The number of halogens is 2. The van der Waals surface area contributed by atoms with E-state index in [1.54, 1.807) is 11.1 Å². The normalized spacial score (nSPS) is 14.9. The number of hydrogen-bond acceptors (Lipinski definition) is 3. The van der Waals surface area contributed by atoms with Crippen LogP contribution in [0, 0.1) is 5.82 Å². The molecule has 6 nitrogen and oxygen atoms in total. The lowest BCUT2D eigenvalue weighted by Crippen LogP contribution is -2.52. The Kier molecular flexibility index (Phi) is 4.08.